The van der Waals surface area contributed by atoms with Crippen molar-refractivity contribution in [3.63, 3.8) is 0 Å². The molecular formula is C19H14F3N3O2. The highest BCUT2D eigenvalue weighted by atomic mass is 19.1. The van der Waals surface area contributed by atoms with Crippen molar-refractivity contribution in [1.29, 1.82) is 0 Å². The minimum atomic E-state index is -0.690. The summed E-state index contributed by atoms with van der Waals surface area (Å²) in [6.07, 6.45) is 0.155. The molecule has 0 aliphatic carbocycles. The lowest BCUT2D eigenvalue weighted by Crippen LogP contribution is -2.24. The van der Waals surface area contributed by atoms with E-state index in [1.807, 2.05) is 0 Å². The van der Waals surface area contributed by atoms with Crippen molar-refractivity contribution in [2.75, 3.05) is 6.54 Å². The van der Waals surface area contributed by atoms with Crippen LogP contribution in [-0.2, 0) is 11.3 Å². The van der Waals surface area contributed by atoms with Crippen LogP contribution in [0.25, 0.3) is 11.4 Å². The molecule has 27 heavy (non-hydrogen) atoms. The van der Waals surface area contributed by atoms with E-state index in [1.165, 1.54) is 29.2 Å². The first-order valence-corrected chi connectivity index (χ1v) is 8.30. The zero-order valence-electron chi connectivity index (χ0n) is 14.0. The predicted molar refractivity (Wildman–Crippen MR) is 88.8 cm³/mol. The zero-order chi connectivity index (χ0) is 19.0. The van der Waals surface area contributed by atoms with Crippen LogP contribution in [0.3, 0.4) is 0 Å². The van der Waals surface area contributed by atoms with Crippen molar-refractivity contribution >= 4 is 5.91 Å². The Bertz CT molecular complexity index is 985. The van der Waals surface area contributed by atoms with E-state index in [0.29, 0.717) is 17.7 Å². The highest BCUT2D eigenvalue weighted by Crippen LogP contribution is 2.30. The number of benzene rings is 2. The van der Waals surface area contributed by atoms with Crippen LogP contribution in [0.4, 0.5) is 13.2 Å². The first-order chi connectivity index (χ1) is 13.0. The summed E-state index contributed by atoms with van der Waals surface area (Å²) in [4.78, 5) is 18.0. The highest BCUT2D eigenvalue weighted by molar-refractivity contribution is 5.79. The van der Waals surface area contributed by atoms with Gasteiger partial charge in [0.2, 0.25) is 17.6 Å². The van der Waals surface area contributed by atoms with Gasteiger partial charge >= 0.3 is 0 Å². The van der Waals surface area contributed by atoms with Gasteiger partial charge in [-0.1, -0.05) is 17.3 Å². The van der Waals surface area contributed by atoms with Gasteiger partial charge < -0.3 is 9.42 Å². The lowest BCUT2D eigenvalue weighted by atomic mass is 10.1. The Morgan fingerprint density at radius 2 is 1.85 bits per heavy atom. The van der Waals surface area contributed by atoms with E-state index >= 15 is 0 Å². The van der Waals surface area contributed by atoms with Gasteiger partial charge in [-0.2, -0.15) is 4.98 Å². The molecule has 0 spiro atoms. The maximum absolute atomic E-state index is 13.3. The standard InChI is InChI=1S/C19H14F3N3O2/c20-14-3-1-2-12(6-14)18-23-19(27-24-18)13-7-17(26)25(10-13)9-11-4-15(21)8-16(22)5-11/h1-6,8,13H,7,9-10H2. The van der Waals surface area contributed by atoms with Crippen molar-refractivity contribution in [2.24, 2.45) is 0 Å². The fourth-order valence-electron chi connectivity index (χ4n) is 3.16. The van der Waals surface area contributed by atoms with Gasteiger partial charge in [-0.25, -0.2) is 13.2 Å². The van der Waals surface area contributed by atoms with Crippen LogP contribution in [0, 0.1) is 17.5 Å². The number of nitrogens with zero attached hydrogens (tertiary/aromatic N) is 3. The van der Waals surface area contributed by atoms with E-state index < -0.39 is 17.5 Å². The van der Waals surface area contributed by atoms with Crippen LogP contribution in [-0.4, -0.2) is 27.5 Å². The topological polar surface area (TPSA) is 59.2 Å². The summed E-state index contributed by atoms with van der Waals surface area (Å²) in [7, 11) is 0. The normalized spacial score (nSPS) is 16.9. The van der Waals surface area contributed by atoms with E-state index in [0.717, 1.165) is 6.07 Å². The summed E-state index contributed by atoms with van der Waals surface area (Å²) in [5.74, 6) is -1.78. The van der Waals surface area contributed by atoms with Crippen molar-refractivity contribution in [3.05, 3.63) is 71.4 Å². The van der Waals surface area contributed by atoms with Gasteiger partial charge in [0.25, 0.3) is 0 Å². The lowest BCUT2D eigenvalue weighted by molar-refractivity contribution is -0.128. The van der Waals surface area contributed by atoms with Crippen LogP contribution in [0.5, 0.6) is 0 Å². The van der Waals surface area contributed by atoms with Crippen LogP contribution in [0.2, 0.25) is 0 Å². The van der Waals surface area contributed by atoms with E-state index in [1.54, 1.807) is 12.1 Å². The maximum atomic E-state index is 13.3. The Labute approximate surface area is 152 Å². The second kappa shape index (κ2) is 6.86. The summed E-state index contributed by atoms with van der Waals surface area (Å²) in [5, 5.41) is 3.85. The summed E-state index contributed by atoms with van der Waals surface area (Å²) < 4.78 is 45.2. The molecule has 4 rings (SSSR count). The van der Waals surface area contributed by atoms with E-state index in [-0.39, 0.29) is 36.5 Å². The van der Waals surface area contributed by atoms with Crippen LogP contribution >= 0.6 is 0 Å². The molecule has 138 valence electrons. The van der Waals surface area contributed by atoms with Crippen LogP contribution in [0.15, 0.2) is 47.0 Å². The van der Waals surface area contributed by atoms with Gasteiger partial charge in [0.15, 0.2) is 0 Å². The minimum absolute atomic E-state index is 0.0922. The van der Waals surface area contributed by atoms with E-state index in [4.69, 9.17) is 4.52 Å². The average molecular weight is 373 g/mol. The first kappa shape index (κ1) is 17.3. The number of carbonyl (C=O) groups excluding carboxylic acids is 1. The monoisotopic (exact) mass is 373 g/mol. The maximum Gasteiger partial charge on any atom is 0.232 e. The third-order valence-corrected chi connectivity index (χ3v) is 4.38. The molecule has 1 amide bonds. The van der Waals surface area contributed by atoms with Gasteiger partial charge in [-0.3, -0.25) is 4.79 Å². The SMILES string of the molecule is O=C1CC(c2nc(-c3cccc(F)c3)no2)CN1Cc1cc(F)cc(F)c1. The highest BCUT2D eigenvalue weighted by Gasteiger charge is 2.34. The second-order valence-electron chi connectivity index (χ2n) is 6.42. The summed E-state index contributed by atoms with van der Waals surface area (Å²) >= 11 is 0. The number of halogens is 3. The molecule has 0 bridgehead atoms. The molecule has 3 aromatic rings. The summed E-state index contributed by atoms with van der Waals surface area (Å²) in [6.45, 7) is 0.386. The minimum Gasteiger partial charge on any atom is -0.339 e. The Morgan fingerprint density at radius 3 is 2.59 bits per heavy atom. The zero-order valence-corrected chi connectivity index (χ0v) is 14.0. The Kier molecular flexibility index (Phi) is 4.39. The third kappa shape index (κ3) is 3.69. The van der Waals surface area contributed by atoms with E-state index in [2.05, 4.69) is 10.1 Å². The van der Waals surface area contributed by atoms with Gasteiger partial charge in [-0.05, 0) is 29.8 Å². The number of rotatable bonds is 4. The molecule has 1 fully saturated rings. The number of amides is 1. The predicted octanol–water partition coefficient (Wildman–Crippen LogP) is 3.67. The first-order valence-electron chi connectivity index (χ1n) is 8.30. The molecular weight excluding hydrogens is 359 g/mol. The number of hydrogen-bond donors (Lipinski definition) is 0. The molecule has 5 nitrogen and oxygen atoms in total. The largest absolute Gasteiger partial charge is 0.339 e. The van der Waals surface area contributed by atoms with Crippen molar-refractivity contribution < 1.29 is 22.5 Å². The van der Waals surface area contributed by atoms with Crippen molar-refractivity contribution in [1.82, 2.24) is 15.0 Å². The summed E-state index contributed by atoms with van der Waals surface area (Å²) in [5.41, 5.74) is 0.842. The molecule has 2 aromatic carbocycles. The Hall–Kier alpha value is -3.16. The van der Waals surface area contributed by atoms with Crippen LogP contribution < -0.4 is 0 Å². The van der Waals surface area contributed by atoms with Crippen molar-refractivity contribution in [2.45, 2.75) is 18.9 Å². The Balaban J connectivity index is 1.49. The number of carbonyl (C=O) groups is 1. The van der Waals surface area contributed by atoms with E-state index in [9.17, 15) is 18.0 Å². The number of aromatic nitrogens is 2. The quantitative estimate of drug-likeness (QED) is 0.700. The molecule has 0 N–H and O–H groups in total. The van der Waals surface area contributed by atoms with Gasteiger partial charge in [0.1, 0.15) is 17.5 Å². The third-order valence-electron chi connectivity index (χ3n) is 4.38. The van der Waals surface area contributed by atoms with Crippen molar-refractivity contribution in [3.8, 4) is 11.4 Å². The molecule has 8 heteroatoms. The lowest BCUT2D eigenvalue weighted by Gasteiger charge is -2.16. The van der Waals surface area contributed by atoms with Gasteiger partial charge in [0, 0.05) is 31.1 Å². The smallest absolute Gasteiger partial charge is 0.232 e. The van der Waals surface area contributed by atoms with Crippen LogP contribution in [0.1, 0.15) is 23.8 Å². The Morgan fingerprint density at radius 1 is 1.07 bits per heavy atom. The molecule has 1 aliphatic rings. The fourth-order valence-corrected chi connectivity index (χ4v) is 3.16. The molecule has 0 saturated carbocycles. The molecule has 1 aromatic heterocycles. The molecule has 0 radical (unpaired) electrons. The second-order valence-corrected chi connectivity index (χ2v) is 6.42. The van der Waals surface area contributed by atoms with Gasteiger partial charge in [0.05, 0.1) is 5.92 Å². The molecule has 1 saturated heterocycles. The molecule has 2 heterocycles. The summed E-state index contributed by atoms with van der Waals surface area (Å²) in [6, 6.07) is 8.97. The molecule has 1 unspecified atom stereocenters. The number of likely N-dealkylation sites (tertiary alicyclic amines) is 1. The number of hydrogen-bond acceptors (Lipinski definition) is 4. The molecule has 1 aliphatic heterocycles. The average Bonchev–Trinajstić information content (AvgIpc) is 3.22. The fraction of sp³-hybridized carbons (Fsp3) is 0.211. The molecule has 1 atom stereocenters. The van der Waals surface area contributed by atoms with Gasteiger partial charge in [-0.15, -0.1) is 0 Å².